The second-order valence-corrected chi connectivity index (χ2v) is 11.8. The molecule has 7 aromatic carbocycles. The van der Waals surface area contributed by atoms with E-state index < -0.39 is 0 Å². The molecule has 0 aliphatic carbocycles. The predicted octanol–water partition coefficient (Wildman–Crippen LogP) is 10.5. The van der Waals surface area contributed by atoms with E-state index >= 15 is 0 Å². The van der Waals surface area contributed by atoms with Crippen molar-refractivity contribution < 1.29 is 0 Å². The fourth-order valence-electron chi connectivity index (χ4n) is 7.47. The van der Waals surface area contributed by atoms with Crippen LogP contribution in [0.15, 0.2) is 109 Å². The van der Waals surface area contributed by atoms with Crippen molar-refractivity contribution in [3.05, 3.63) is 109 Å². The zero-order valence-electron chi connectivity index (χ0n) is 22.4. The van der Waals surface area contributed by atoms with Crippen LogP contribution in [-0.2, 0) is 0 Å². The van der Waals surface area contributed by atoms with Gasteiger partial charge < -0.3 is 19.9 Å². The second kappa shape index (κ2) is 7.12. The van der Waals surface area contributed by atoms with Gasteiger partial charge in [0, 0.05) is 87.2 Å². The molecule has 11 rings (SSSR count). The molecule has 0 atom stereocenters. The molecular formula is C38H22N4. The molecule has 0 aliphatic heterocycles. The first-order valence-corrected chi connectivity index (χ1v) is 14.4. The van der Waals surface area contributed by atoms with Crippen LogP contribution in [0.3, 0.4) is 0 Å². The van der Waals surface area contributed by atoms with Crippen molar-refractivity contribution in [3.63, 3.8) is 0 Å². The monoisotopic (exact) mass is 534 g/mol. The summed E-state index contributed by atoms with van der Waals surface area (Å²) in [4.78, 5) is 14.9. The molecule has 0 saturated carbocycles. The van der Waals surface area contributed by atoms with E-state index in [1.807, 2.05) is 0 Å². The molecule has 0 aliphatic rings. The van der Waals surface area contributed by atoms with Gasteiger partial charge in [-0.05, 0) is 82.2 Å². The minimum Gasteiger partial charge on any atom is -0.354 e. The number of hydrogen-bond acceptors (Lipinski definition) is 0. The Morgan fingerprint density at radius 1 is 0.238 bits per heavy atom. The second-order valence-electron chi connectivity index (χ2n) is 11.8. The van der Waals surface area contributed by atoms with E-state index in [9.17, 15) is 0 Å². The molecule has 4 heteroatoms. The molecule has 0 unspecified atom stereocenters. The summed E-state index contributed by atoms with van der Waals surface area (Å²) in [6.07, 6.45) is 0. The Bertz CT molecular complexity index is 2760. The number of benzene rings is 7. The summed E-state index contributed by atoms with van der Waals surface area (Å²) >= 11 is 0. The fourth-order valence-corrected chi connectivity index (χ4v) is 7.47. The van der Waals surface area contributed by atoms with Crippen LogP contribution in [-0.4, -0.2) is 19.9 Å². The molecular weight excluding hydrogens is 512 g/mol. The lowest BCUT2D eigenvalue weighted by atomic mass is 10.0. The average molecular weight is 535 g/mol. The van der Waals surface area contributed by atoms with Gasteiger partial charge in [-0.1, -0.05) is 48.5 Å². The van der Waals surface area contributed by atoms with Gasteiger partial charge in [0.15, 0.2) is 0 Å². The molecule has 0 spiro atoms. The molecule has 11 aromatic rings. The number of aromatic amines is 4. The third-order valence-electron chi connectivity index (χ3n) is 9.48. The minimum atomic E-state index is 1.16. The number of hydrogen-bond donors (Lipinski definition) is 4. The first kappa shape index (κ1) is 21.1. The maximum atomic E-state index is 3.75. The zero-order valence-corrected chi connectivity index (χ0v) is 22.4. The van der Waals surface area contributed by atoms with Gasteiger partial charge in [0.2, 0.25) is 0 Å². The van der Waals surface area contributed by atoms with Gasteiger partial charge in [0.25, 0.3) is 0 Å². The molecule has 0 saturated heterocycles. The van der Waals surface area contributed by atoms with Crippen molar-refractivity contribution in [2.45, 2.75) is 0 Å². The molecule has 4 N–H and O–H groups in total. The molecule has 4 aromatic heterocycles. The molecule has 0 amide bonds. The van der Waals surface area contributed by atoms with Crippen LogP contribution in [0.5, 0.6) is 0 Å². The number of aromatic nitrogens is 4. The van der Waals surface area contributed by atoms with E-state index in [1.54, 1.807) is 0 Å². The van der Waals surface area contributed by atoms with Gasteiger partial charge in [-0.15, -0.1) is 0 Å². The van der Waals surface area contributed by atoms with E-state index in [1.165, 1.54) is 86.7 Å². The van der Waals surface area contributed by atoms with Crippen LogP contribution in [0.4, 0.5) is 0 Å². The normalized spacial score (nSPS) is 12.8. The topological polar surface area (TPSA) is 63.2 Å². The SMILES string of the molecule is c1ccc2cc3c(cc2c1)[nH]c1cc2c(cc13)[nH]c1cc3c(cc12)[nH]c1cc2c(cc13)[nH]c1cc3ccccc3cc12. The van der Waals surface area contributed by atoms with E-state index in [2.05, 4.69) is 129 Å². The highest BCUT2D eigenvalue weighted by Gasteiger charge is 2.15. The van der Waals surface area contributed by atoms with Gasteiger partial charge in [-0.2, -0.15) is 0 Å². The molecule has 194 valence electrons. The van der Waals surface area contributed by atoms with Crippen LogP contribution in [0, 0.1) is 0 Å². The Hall–Kier alpha value is -5.74. The van der Waals surface area contributed by atoms with Gasteiger partial charge in [0.05, 0.1) is 0 Å². The third kappa shape index (κ3) is 2.62. The van der Waals surface area contributed by atoms with Crippen LogP contribution >= 0.6 is 0 Å². The quantitative estimate of drug-likeness (QED) is 0.150. The minimum absolute atomic E-state index is 1.16. The number of nitrogens with one attached hydrogen (secondary N) is 4. The summed E-state index contributed by atoms with van der Waals surface area (Å²) in [6.45, 7) is 0. The highest BCUT2D eigenvalue weighted by atomic mass is 14.7. The first-order chi connectivity index (χ1) is 20.7. The smallest absolute Gasteiger partial charge is 0.0472 e. The number of fused-ring (bicyclic) bond motifs is 14. The van der Waals surface area contributed by atoms with Crippen LogP contribution < -0.4 is 0 Å². The maximum Gasteiger partial charge on any atom is 0.0472 e. The van der Waals surface area contributed by atoms with Gasteiger partial charge in [0.1, 0.15) is 0 Å². The summed E-state index contributed by atoms with van der Waals surface area (Å²) in [5, 5.41) is 15.0. The van der Waals surface area contributed by atoms with Crippen molar-refractivity contribution >= 4 is 109 Å². The van der Waals surface area contributed by atoms with Gasteiger partial charge >= 0.3 is 0 Å². The molecule has 42 heavy (non-hydrogen) atoms. The lowest BCUT2D eigenvalue weighted by Crippen LogP contribution is -1.73. The van der Waals surface area contributed by atoms with Crippen LogP contribution in [0.25, 0.3) is 109 Å². The van der Waals surface area contributed by atoms with Crippen LogP contribution in [0.2, 0.25) is 0 Å². The predicted molar refractivity (Wildman–Crippen MR) is 179 cm³/mol. The highest BCUT2D eigenvalue weighted by molar-refractivity contribution is 6.23. The van der Waals surface area contributed by atoms with Crippen molar-refractivity contribution in [1.29, 1.82) is 0 Å². The zero-order chi connectivity index (χ0) is 27.1. The Kier molecular flexibility index (Phi) is 3.57. The van der Waals surface area contributed by atoms with E-state index in [0.29, 0.717) is 0 Å². The van der Waals surface area contributed by atoms with Crippen LogP contribution in [0.1, 0.15) is 0 Å². The Morgan fingerprint density at radius 2 is 0.452 bits per heavy atom. The van der Waals surface area contributed by atoms with Crippen molar-refractivity contribution in [1.82, 2.24) is 19.9 Å². The lowest BCUT2D eigenvalue weighted by molar-refractivity contribution is 1.54. The number of rotatable bonds is 0. The van der Waals surface area contributed by atoms with Gasteiger partial charge in [-0.25, -0.2) is 0 Å². The standard InChI is InChI=1S/C38H22N4/c1-3-7-21-11-31-23(9-19(21)5-1)25-13-35-27(15-33(25)39-31)29-17-38-30(18-37(29)41-35)28-16-34-26(14-36(28)42-38)24-10-20-6-2-4-8-22(20)12-32(24)40-34/h1-18,39-42H. The molecule has 0 fully saturated rings. The average Bonchev–Trinajstić information content (AvgIpc) is 3.74. The van der Waals surface area contributed by atoms with E-state index in [0.717, 1.165) is 22.1 Å². The summed E-state index contributed by atoms with van der Waals surface area (Å²) in [7, 11) is 0. The van der Waals surface area contributed by atoms with E-state index in [4.69, 9.17) is 0 Å². The molecule has 0 bridgehead atoms. The maximum absolute atomic E-state index is 3.75. The molecule has 0 radical (unpaired) electrons. The number of H-pyrrole nitrogens is 4. The third-order valence-corrected chi connectivity index (χ3v) is 9.48. The van der Waals surface area contributed by atoms with Crippen molar-refractivity contribution in [2.24, 2.45) is 0 Å². The van der Waals surface area contributed by atoms with E-state index in [-0.39, 0.29) is 0 Å². The van der Waals surface area contributed by atoms with Crippen molar-refractivity contribution in [3.8, 4) is 0 Å². The largest absolute Gasteiger partial charge is 0.354 e. The summed E-state index contributed by atoms with van der Waals surface area (Å²) in [6, 6.07) is 40.1. The highest BCUT2D eigenvalue weighted by Crippen LogP contribution is 2.39. The fraction of sp³-hybridized carbons (Fsp3) is 0. The Morgan fingerprint density at radius 3 is 0.738 bits per heavy atom. The lowest BCUT2D eigenvalue weighted by Gasteiger charge is -1.98. The summed E-state index contributed by atoms with van der Waals surface area (Å²) in [5.74, 6) is 0. The van der Waals surface area contributed by atoms with Crippen molar-refractivity contribution in [2.75, 3.05) is 0 Å². The molecule has 4 nitrogen and oxygen atoms in total. The summed E-state index contributed by atoms with van der Waals surface area (Å²) < 4.78 is 0. The molecule has 4 heterocycles. The Labute approximate surface area is 237 Å². The summed E-state index contributed by atoms with van der Waals surface area (Å²) in [5.41, 5.74) is 9.32. The Balaban J connectivity index is 1.16. The first-order valence-electron chi connectivity index (χ1n) is 14.4. The van der Waals surface area contributed by atoms with Gasteiger partial charge in [-0.3, -0.25) is 0 Å².